The zero-order valence-corrected chi connectivity index (χ0v) is 33.1. The van der Waals surface area contributed by atoms with Crippen LogP contribution < -0.4 is 0 Å². The number of fused-ring (bicyclic) bond motifs is 7. The number of rotatable bonds is 6. The molecule has 0 spiro atoms. The summed E-state index contributed by atoms with van der Waals surface area (Å²) in [5, 5.41) is 5.02. The first kappa shape index (κ1) is 33.8. The van der Waals surface area contributed by atoms with Gasteiger partial charge in [0.05, 0.1) is 11.4 Å². The van der Waals surface area contributed by atoms with Gasteiger partial charge in [-0.3, -0.25) is 4.40 Å². The molecule has 0 fully saturated rings. The van der Waals surface area contributed by atoms with Gasteiger partial charge >= 0.3 is 0 Å². The molecule has 0 aliphatic carbocycles. The van der Waals surface area contributed by atoms with Crippen LogP contribution in [-0.2, 0) is 0 Å². The maximum absolute atomic E-state index is 5.28. The van der Waals surface area contributed by atoms with Gasteiger partial charge in [0, 0.05) is 74.4 Å². The highest BCUT2D eigenvalue weighted by atomic mass is 32.1. The van der Waals surface area contributed by atoms with E-state index in [1.807, 2.05) is 83.3 Å². The molecule has 12 rings (SSSR count). The lowest BCUT2D eigenvalue weighted by atomic mass is 9.97. The molecule has 12 aromatic rings. The van der Waals surface area contributed by atoms with E-state index in [1.165, 1.54) is 45.9 Å². The van der Waals surface area contributed by atoms with E-state index in [0.29, 0.717) is 17.5 Å². The molecule has 0 amide bonds. The van der Waals surface area contributed by atoms with E-state index in [4.69, 9.17) is 19.9 Å². The van der Waals surface area contributed by atoms with Crippen LogP contribution in [0.5, 0.6) is 0 Å². The molecule has 59 heavy (non-hydrogen) atoms. The fraction of sp³-hybridized carbons (Fsp3) is 0. The first-order valence-corrected chi connectivity index (χ1v) is 21.2. The second-order valence-electron chi connectivity index (χ2n) is 14.6. The van der Waals surface area contributed by atoms with Gasteiger partial charge in [-0.2, -0.15) is 0 Å². The summed E-state index contributed by atoms with van der Waals surface area (Å²) in [6.07, 6.45) is 2.13. The van der Waals surface area contributed by atoms with Crippen LogP contribution in [0.1, 0.15) is 0 Å². The van der Waals surface area contributed by atoms with Crippen LogP contribution in [0.15, 0.2) is 188 Å². The number of imidazole rings is 1. The lowest BCUT2D eigenvalue weighted by Crippen LogP contribution is -2.01. The Kier molecular flexibility index (Phi) is 7.82. The molecule has 5 nitrogen and oxygen atoms in total. The fourth-order valence-corrected chi connectivity index (χ4v) is 10.7. The summed E-state index contributed by atoms with van der Waals surface area (Å²) in [6, 6.07) is 63.9. The summed E-state index contributed by atoms with van der Waals surface area (Å²) < 4.78 is 7.28. The highest BCUT2D eigenvalue weighted by Crippen LogP contribution is 2.45. The molecule has 7 aromatic carbocycles. The number of thiophene rings is 2. The molecule has 5 aromatic heterocycles. The van der Waals surface area contributed by atoms with Crippen molar-refractivity contribution in [1.82, 2.24) is 24.3 Å². The highest BCUT2D eigenvalue weighted by molar-refractivity contribution is 7.26. The van der Waals surface area contributed by atoms with E-state index in [-0.39, 0.29) is 0 Å². The largest absolute Gasteiger partial charge is 0.299 e. The molecule has 0 atom stereocenters. The van der Waals surface area contributed by atoms with Crippen molar-refractivity contribution in [2.24, 2.45) is 0 Å². The molecule has 0 saturated heterocycles. The zero-order chi connectivity index (χ0) is 38.9. The molecular formula is C52H31N5S2. The average Bonchev–Trinajstić information content (AvgIpc) is 4.00. The maximum Gasteiger partial charge on any atom is 0.164 e. The topological polar surface area (TPSA) is 56.0 Å². The number of hydrogen-bond acceptors (Lipinski definition) is 6. The van der Waals surface area contributed by atoms with Crippen LogP contribution in [0.25, 0.3) is 114 Å². The number of benzene rings is 7. The van der Waals surface area contributed by atoms with Crippen LogP contribution in [0.3, 0.4) is 0 Å². The molecule has 0 saturated carbocycles. The van der Waals surface area contributed by atoms with Gasteiger partial charge in [0.15, 0.2) is 17.5 Å². The van der Waals surface area contributed by atoms with Gasteiger partial charge < -0.3 is 0 Å². The molecule has 0 radical (unpaired) electrons. The van der Waals surface area contributed by atoms with Crippen LogP contribution in [-0.4, -0.2) is 24.3 Å². The van der Waals surface area contributed by atoms with Crippen molar-refractivity contribution in [3.63, 3.8) is 0 Å². The molecule has 5 heterocycles. The molecule has 7 heteroatoms. The minimum Gasteiger partial charge on any atom is -0.299 e. The van der Waals surface area contributed by atoms with Gasteiger partial charge in [0.2, 0.25) is 0 Å². The molecular weight excluding hydrogens is 759 g/mol. The number of aromatic nitrogens is 5. The Morgan fingerprint density at radius 3 is 1.80 bits per heavy atom. The van der Waals surface area contributed by atoms with Crippen molar-refractivity contribution in [2.45, 2.75) is 0 Å². The Balaban J connectivity index is 0.986. The summed E-state index contributed by atoms with van der Waals surface area (Å²) in [5.74, 6) is 1.94. The minimum absolute atomic E-state index is 0.641. The van der Waals surface area contributed by atoms with Gasteiger partial charge in [-0.15, -0.1) is 22.7 Å². The van der Waals surface area contributed by atoms with E-state index in [9.17, 15) is 0 Å². The zero-order valence-electron chi connectivity index (χ0n) is 31.5. The lowest BCUT2D eigenvalue weighted by Gasteiger charge is -2.12. The van der Waals surface area contributed by atoms with E-state index in [0.717, 1.165) is 50.4 Å². The number of hydrogen-bond donors (Lipinski definition) is 0. The Labute approximate surface area is 347 Å². The van der Waals surface area contributed by atoms with Crippen molar-refractivity contribution < 1.29 is 0 Å². The van der Waals surface area contributed by atoms with E-state index < -0.39 is 0 Å². The van der Waals surface area contributed by atoms with Crippen molar-refractivity contribution >= 4 is 68.7 Å². The first-order chi connectivity index (χ1) is 29.2. The minimum atomic E-state index is 0.641. The molecule has 0 N–H and O–H groups in total. The first-order valence-electron chi connectivity index (χ1n) is 19.5. The quantitative estimate of drug-likeness (QED) is 0.168. The van der Waals surface area contributed by atoms with Crippen LogP contribution in [0.4, 0.5) is 0 Å². The van der Waals surface area contributed by atoms with Gasteiger partial charge in [0.25, 0.3) is 0 Å². The Morgan fingerprint density at radius 1 is 0.356 bits per heavy atom. The van der Waals surface area contributed by atoms with Crippen molar-refractivity contribution in [3.8, 4) is 67.8 Å². The van der Waals surface area contributed by atoms with Crippen molar-refractivity contribution in [2.75, 3.05) is 0 Å². The van der Waals surface area contributed by atoms with Crippen LogP contribution >= 0.6 is 22.7 Å². The molecule has 276 valence electrons. The molecule has 0 unspecified atom stereocenters. The summed E-state index contributed by atoms with van der Waals surface area (Å²) in [5.41, 5.74) is 10.4. The summed E-state index contributed by atoms with van der Waals surface area (Å²) in [4.78, 5) is 20.4. The predicted octanol–water partition coefficient (Wildman–Crippen LogP) is 14.3. The fourth-order valence-electron chi connectivity index (χ4n) is 8.34. The Bertz CT molecular complexity index is 3510. The van der Waals surface area contributed by atoms with Gasteiger partial charge in [0.1, 0.15) is 5.65 Å². The molecule has 0 bridgehead atoms. The third-order valence-corrected chi connectivity index (χ3v) is 13.5. The second kappa shape index (κ2) is 13.7. The van der Waals surface area contributed by atoms with E-state index >= 15 is 0 Å². The number of pyridine rings is 1. The summed E-state index contributed by atoms with van der Waals surface area (Å²) >= 11 is 3.68. The molecule has 0 aliphatic heterocycles. The van der Waals surface area contributed by atoms with Crippen molar-refractivity contribution in [3.05, 3.63) is 188 Å². The summed E-state index contributed by atoms with van der Waals surface area (Å²) in [7, 11) is 0. The Hall–Kier alpha value is -7.32. The van der Waals surface area contributed by atoms with Crippen molar-refractivity contribution in [1.29, 1.82) is 0 Å². The lowest BCUT2D eigenvalue weighted by molar-refractivity contribution is 1.07. The van der Waals surface area contributed by atoms with Gasteiger partial charge in [-0.05, 0) is 47.5 Å². The third-order valence-electron chi connectivity index (χ3n) is 11.1. The van der Waals surface area contributed by atoms with Gasteiger partial charge in [-0.1, -0.05) is 146 Å². The summed E-state index contributed by atoms with van der Waals surface area (Å²) in [6.45, 7) is 0. The predicted molar refractivity (Wildman–Crippen MR) is 247 cm³/mol. The molecule has 0 aliphatic rings. The third kappa shape index (κ3) is 5.66. The van der Waals surface area contributed by atoms with Crippen LogP contribution in [0, 0.1) is 0 Å². The highest BCUT2D eigenvalue weighted by Gasteiger charge is 2.21. The Morgan fingerprint density at radius 2 is 0.983 bits per heavy atom. The number of nitrogens with zero attached hydrogens (tertiary/aromatic N) is 5. The van der Waals surface area contributed by atoms with E-state index in [1.54, 1.807) is 0 Å². The SMILES string of the molecule is c1ccc(-c2nc(-c3ccccc3)nc(-c3ccccc3-c3ccc4sc5cc(-c6nc7ccccn7c6-c6cccc7c6sc6ccccc67)ccc5c4c3)n2)cc1. The normalized spacial score (nSPS) is 11.7. The second-order valence-corrected chi connectivity index (χ2v) is 16.8. The monoisotopic (exact) mass is 789 g/mol. The smallest absolute Gasteiger partial charge is 0.164 e. The average molecular weight is 790 g/mol. The standard InChI is InChI=1S/C52H31N5S2/c1-3-14-32(15-4-1)50-54-51(33-16-5-2-6-17-33)56-52(55-50)40-20-8-7-18-36(40)34-26-28-44-42(30-34)38-27-25-35(31-45(38)58-44)47-48(57-29-12-11-24-46(57)53-47)41-22-13-21-39-37-19-9-10-23-43(37)59-49(39)41/h1-31H. The maximum atomic E-state index is 5.28. The van der Waals surface area contributed by atoms with Crippen LogP contribution in [0.2, 0.25) is 0 Å². The van der Waals surface area contributed by atoms with Gasteiger partial charge in [-0.25, -0.2) is 19.9 Å². The van der Waals surface area contributed by atoms with E-state index in [2.05, 4.69) is 132 Å².